The maximum Gasteiger partial charge on any atom is 0.253 e. The number of halogens is 1. The Labute approximate surface area is 165 Å². The molecule has 0 aliphatic heterocycles. The third-order valence-corrected chi connectivity index (χ3v) is 5.77. The highest BCUT2D eigenvalue weighted by Crippen LogP contribution is 2.44. The predicted octanol–water partition coefficient (Wildman–Crippen LogP) is 4.04. The third-order valence-electron chi connectivity index (χ3n) is 5.77. The van der Waals surface area contributed by atoms with Crippen molar-refractivity contribution in [3.8, 4) is 0 Å². The Bertz CT molecular complexity index is 857. The van der Waals surface area contributed by atoms with Gasteiger partial charge in [0.25, 0.3) is 5.91 Å². The first-order valence-electron chi connectivity index (χ1n) is 9.74. The van der Waals surface area contributed by atoms with Gasteiger partial charge in [0, 0.05) is 25.2 Å². The quantitative estimate of drug-likeness (QED) is 0.820. The van der Waals surface area contributed by atoms with Crippen LogP contribution in [0, 0.1) is 5.82 Å². The molecule has 3 rings (SSSR count). The van der Waals surface area contributed by atoms with Crippen LogP contribution in [0.5, 0.6) is 0 Å². The highest BCUT2D eigenvalue weighted by molar-refractivity contribution is 5.94. The van der Waals surface area contributed by atoms with Gasteiger partial charge in [0.2, 0.25) is 5.91 Å². The highest BCUT2D eigenvalue weighted by atomic mass is 19.1. The van der Waals surface area contributed by atoms with E-state index in [1.807, 2.05) is 32.0 Å². The van der Waals surface area contributed by atoms with Crippen molar-refractivity contribution in [1.82, 2.24) is 10.2 Å². The van der Waals surface area contributed by atoms with Crippen molar-refractivity contribution in [3.05, 3.63) is 71.0 Å². The Morgan fingerprint density at radius 2 is 1.82 bits per heavy atom. The van der Waals surface area contributed by atoms with E-state index < -0.39 is 5.41 Å². The molecule has 1 aliphatic rings. The lowest BCUT2D eigenvalue weighted by Gasteiger charge is -2.40. The first kappa shape index (κ1) is 20.1. The van der Waals surface area contributed by atoms with Crippen LogP contribution in [0.1, 0.15) is 54.6 Å². The number of nitrogens with one attached hydrogen (secondary N) is 1. The Morgan fingerprint density at radius 3 is 2.36 bits per heavy atom. The third kappa shape index (κ3) is 3.93. The maximum absolute atomic E-state index is 13.6. The van der Waals surface area contributed by atoms with Crippen molar-refractivity contribution < 1.29 is 14.0 Å². The van der Waals surface area contributed by atoms with Gasteiger partial charge in [-0.2, -0.15) is 0 Å². The summed E-state index contributed by atoms with van der Waals surface area (Å²) in [5.74, 6) is -0.405. The number of hydrogen-bond donors (Lipinski definition) is 1. The van der Waals surface area contributed by atoms with Gasteiger partial charge in [-0.3, -0.25) is 9.59 Å². The van der Waals surface area contributed by atoms with E-state index in [4.69, 9.17) is 0 Å². The molecule has 0 heterocycles. The van der Waals surface area contributed by atoms with Crippen molar-refractivity contribution in [2.75, 3.05) is 7.05 Å². The maximum atomic E-state index is 13.6. The molecular formula is C23H27FN2O2. The second-order valence-electron chi connectivity index (χ2n) is 7.84. The van der Waals surface area contributed by atoms with E-state index in [1.165, 1.54) is 12.1 Å². The topological polar surface area (TPSA) is 49.4 Å². The number of carbonyl (C=O) groups excluding carboxylic acids is 2. The number of amides is 2. The summed E-state index contributed by atoms with van der Waals surface area (Å²) in [4.78, 5) is 26.9. The highest BCUT2D eigenvalue weighted by Gasteiger charge is 2.45. The van der Waals surface area contributed by atoms with Crippen LogP contribution in [0.25, 0.3) is 0 Å². The Hall–Kier alpha value is -2.69. The lowest BCUT2D eigenvalue weighted by Crippen LogP contribution is -2.49. The Morgan fingerprint density at radius 1 is 1.14 bits per heavy atom. The molecule has 0 bridgehead atoms. The lowest BCUT2D eigenvalue weighted by atomic mass is 9.64. The molecule has 2 amide bonds. The SMILES string of the molecule is CC(C)N(C)C(=O)c1ccc(CNC(=O)C2(c3cccc(F)c3)CCC2)cc1. The molecule has 0 radical (unpaired) electrons. The minimum atomic E-state index is -0.627. The van der Waals surface area contributed by atoms with E-state index in [1.54, 1.807) is 30.1 Å². The van der Waals surface area contributed by atoms with E-state index in [-0.39, 0.29) is 23.7 Å². The fraction of sp³-hybridized carbons (Fsp3) is 0.391. The molecular weight excluding hydrogens is 355 g/mol. The average Bonchev–Trinajstić information content (AvgIpc) is 2.64. The first-order valence-corrected chi connectivity index (χ1v) is 9.74. The predicted molar refractivity (Wildman–Crippen MR) is 107 cm³/mol. The molecule has 1 aliphatic carbocycles. The summed E-state index contributed by atoms with van der Waals surface area (Å²) >= 11 is 0. The van der Waals surface area contributed by atoms with Crippen molar-refractivity contribution in [2.45, 2.75) is 51.1 Å². The van der Waals surface area contributed by atoms with Crippen molar-refractivity contribution in [2.24, 2.45) is 0 Å². The molecule has 0 aromatic heterocycles. The van der Waals surface area contributed by atoms with Crippen LogP contribution in [0.15, 0.2) is 48.5 Å². The fourth-order valence-corrected chi connectivity index (χ4v) is 3.52. The first-order chi connectivity index (χ1) is 13.3. The molecule has 28 heavy (non-hydrogen) atoms. The van der Waals surface area contributed by atoms with Gasteiger partial charge in [0.1, 0.15) is 5.82 Å². The zero-order valence-electron chi connectivity index (χ0n) is 16.7. The Balaban J connectivity index is 1.65. The van der Waals surface area contributed by atoms with Gasteiger partial charge in [0.15, 0.2) is 0 Å². The average molecular weight is 382 g/mol. The number of benzene rings is 2. The lowest BCUT2D eigenvalue weighted by molar-refractivity contribution is -0.130. The van der Waals surface area contributed by atoms with Gasteiger partial charge in [-0.05, 0) is 62.1 Å². The zero-order chi connectivity index (χ0) is 20.3. The summed E-state index contributed by atoms with van der Waals surface area (Å²) in [5.41, 5.74) is 1.67. The molecule has 1 fully saturated rings. The molecule has 2 aromatic rings. The van der Waals surface area contributed by atoms with Gasteiger partial charge < -0.3 is 10.2 Å². The smallest absolute Gasteiger partial charge is 0.253 e. The second-order valence-corrected chi connectivity index (χ2v) is 7.84. The number of hydrogen-bond acceptors (Lipinski definition) is 2. The molecule has 2 aromatic carbocycles. The molecule has 4 nitrogen and oxygen atoms in total. The minimum Gasteiger partial charge on any atom is -0.351 e. The van der Waals surface area contributed by atoms with Crippen molar-refractivity contribution in [3.63, 3.8) is 0 Å². The Kier molecular flexibility index (Phi) is 5.82. The number of carbonyl (C=O) groups is 2. The summed E-state index contributed by atoms with van der Waals surface area (Å²) in [7, 11) is 1.78. The molecule has 0 saturated heterocycles. The van der Waals surface area contributed by atoms with Crippen molar-refractivity contribution in [1.29, 1.82) is 0 Å². The summed E-state index contributed by atoms with van der Waals surface area (Å²) in [5, 5.41) is 2.99. The normalized spacial score (nSPS) is 15.0. The largest absolute Gasteiger partial charge is 0.351 e. The summed E-state index contributed by atoms with van der Waals surface area (Å²) in [6.07, 6.45) is 2.43. The molecule has 0 atom stereocenters. The van der Waals surface area contributed by atoms with Gasteiger partial charge in [-0.1, -0.05) is 30.7 Å². The molecule has 1 N–H and O–H groups in total. The second kappa shape index (κ2) is 8.13. The van der Waals surface area contributed by atoms with E-state index in [9.17, 15) is 14.0 Å². The van der Waals surface area contributed by atoms with Crippen molar-refractivity contribution >= 4 is 11.8 Å². The van der Waals surface area contributed by atoms with Crippen LogP contribution >= 0.6 is 0 Å². The van der Waals surface area contributed by atoms with Crippen LogP contribution in [-0.2, 0) is 16.8 Å². The standard InChI is InChI=1S/C23H27FN2O2/c1-16(2)26(3)21(27)18-10-8-17(9-11-18)15-25-22(28)23(12-5-13-23)19-6-4-7-20(24)14-19/h4,6-11,14,16H,5,12-13,15H2,1-3H3,(H,25,28). The molecule has 0 unspecified atom stereocenters. The molecule has 1 saturated carbocycles. The van der Waals surface area contributed by atoms with Gasteiger partial charge >= 0.3 is 0 Å². The number of rotatable bonds is 6. The van der Waals surface area contributed by atoms with Crippen LogP contribution in [-0.4, -0.2) is 29.8 Å². The summed E-state index contributed by atoms with van der Waals surface area (Å²) in [6.45, 7) is 4.32. The van der Waals surface area contributed by atoms with Gasteiger partial charge in [-0.15, -0.1) is 0 Å². The summed E-state index contributed by atoms with van der Waals surface area (Å²) < 4.78 is 13.6. The van der Waals surface area contributed by atoms with E-state index >= 15 is 0 Å². The van der Waals surface area contributed by atoms with E-state index in [2.05, 4.69) is 5.32 Å². The fourth-order valence-electron chi connectivity index (χ4n) is 3.52. The monoisotopic (exact) mass is 382 g/mol. The van der Waals surface area contributed by atoms with Crippen LogP contribution in [0.3, 0.4) is 0 Å². The van der Waals surface area contributed by atoms with Crippen LogP contribution < -0.4 is 5.32 Å². The molecule has 5 heteroatoms. The number of nitrogens with zero attached hydrogens (tertiary/aromatic N) is 1. The van der Waals surface area contributed by atoms with Gasteiger partial charge in [-0.25, -0.2) is 4.39 Å². The van der Waals surface area contributed by atoms with E-state index in [0.29, 0.717) is 12.1 Å². The van der Waals surface area contributed by atoms with Crippen LogP contribution in [0.2, 0.25) is 0 Å². The zero-order valence-corrected chi connectivity index (χ0v) is 16.7. The van der Waals surface area contributed by atoms with Crippen LogP contribution in [0.4, 0.5) is 4.39 Å². The molecule has 148 valence electrons. The minimum absolute atomic E-state index is 0.0230. The molecule has 0 spiro atoms. The summed E-state index contributed by atoms with van der Waals surface area (Å²) in [6, 6.07) is 13.8. The van der Waals surface area contributed by atoms with E-state index in [0.717, 1.165) is 30.4 Å². The van der Waals surface area contributed by atoms with Gasteiger partial charge in [0.05, 0.1) is 5.41 Å².